The topological polar surface area (TPSA) is 0 Å². The summed E-state index contributed by atoms with van der Waals surface area (Å²) < 4.78 is 87.0. The van der Waals surface area contributed by atoms with Crippen LogP contribution in [0.2, 0.25) is 0 Å². The first-order valence-corrected chi connectivity index (χ1v) is 3.59. The zero-order chi connectivity index (χ0) is 12.7. The summed E-state index contributed by atoms with van der Waals surface area (Å²) in [6.07, 6.45) is -10.1. The molecule has 0 fully saturated rings. The van der Waals surface area contributed by atoms with E-state index in [2.05, 4.69) is 11.6 Å². The van der Waals surface area contributed by atoms with Crippen LogP contribution in [0.4, 0.5) is 35.1 Å². The van der Waals surface area contributed by atoms with E-state index in [1.54, 1.807) is 0 Å². The van der Waals surface area contributed by atoms with Crippen molar-refractivity contribution in [1.82, 2.24) is 0 Å². The average Bonchev–Trinajstić information content (AvgIpc) is 2.00. The van der Waals surface area contributed by atoms with Crippen molar-refractivity contribution in [3.63, 3.8) is 0 Å². The predicted octanol–water partition coefficient (Wildman–Crippen LogP) is 4.16. The Morgan fingerprint density at radius 3 is 1.47 bits per heavy atom. The zero-order valence-electron chi connectivity index (χ0n) is 6.84. The van der Waals surface area contributed by atoms with Crippen LogP contribution in [0.1, 0.15) is 0 Å². The van der Waals surface area contributed by atoms with Gasteiger partial charge in [-0.2, -0.15) is 26.3 Å². The van der Waals surface area contributed by atoms with Crippen LogP contribution in [0.15, 0.2) is 12.4 Å². The molecule has 0 radical (unpaired) electrons. The lowest BCUT2D eigenvalue weighted by Crippen LogP contribution is -2.24. The van der Waals surface area contributed by atoms with Gasteiger partial charge in [-0.3, -0.25) is 0 Å². The van der Waals surface area contributed by atoms with Crippen LogP contribution in [0.5, 0.6) is 0 Å². The van der Waals surface area contributed by atoms with E-state index in [1.165, 1.54) is 0 Å². The largest absolute Gasteiger partial charge is 0.411 e. The summed E-state index contributed by atoms with van der Waals surface area (Å²) in [5.41, 5.74) is 0. The van der Waals surface area contributed by atoms with Crippen molar-refractivity contribution in [2.24, 2.45) is 0 Å². The summed E-state index contributed by atoms with van der Waals surface area (Å²) in [4.78, 5) is 0. The van der Waals surface area contributed by atoms with Crippen molar-refractivity contribution >= 4 is 11.6 Å². The Balaban J connectivity index is 0. The van der Waals surface area contributed by atoms with Gasteiger partial charge in [-0.15, -0.1) is 11.6 Å². The van der Waals surface area contributed by atoms with Crippen molar-refractivity contribution in [2.75, 3.05) is 6.67 Å². The molecule has 0 aromatic rings. The van der Waals surface area contributed by atoms with Crippen molar-refractivity contribution in [2.45, 2.75) is 17.7 Å². The Hall–Kier alpha value is -0.530. The molecule has 15 heavy (non-hydrogen) atoms. The number of alkyl halides is 8. The Kier molecular flexibility index (Phi) is 7.72. The Bertz CT molecular complexity index is 181. The van der Waals surface area contributed by atoms with Crippen molar-refractivity contribution < 1.29 is 35.1 Å². The molecule has 0 aliphatic carbocycles. The quantitative estimate of drug-likeness (QED) is 0.493. The smallest absolute Gasteiger partial charge is 0.249 e. The fraction of sp³-hybridized carbons (Fsp3) is 0.667. The molecule has 1 unspecified atom stereocenters. The monoisotopic (exact) mass is 264 g/mol. The highest BCUT2D eigenvalue weighted by Crippen LogP contribution is 2.24. The molecular formula is C6H5ClF8. The highest BCUT2D eigenvalue weighted by atomic mass is 35.5. The van der Waals surface area contributed by atoms with Crippen LogP contribution >= 0.6 is 11.6 Å². The molecule has 1 atom stereocenters. The summed E-state index contributed by atoms with van der Waals surface area (Å²) in [6, 6.07) is 0. The Morgan fingerprint density at radius 1 is 1.07 bits per heavy atom. The molecule has 92 valence electrons. The first kappa shape index (κ1) is 16.9. The van der Waals surface area contributed by atoms with Crippen LogP contribution in [0.3, 0.4) is 0 Å². The van der Waals surface area contributed by atoms with Crippen molar-refractivity contribution in [3.05, 3.63) is 12.4 Å². The van der Waals surface area contributed by atoms with Gasteiger partial charge in [0, 0.05) is 6.08 Å². The number of hydrogen-bond acceptors (Lipinski definition) is 0. The molecule has 0 spiro atoms. The first-order chi connectivity index (χ1) is 6.54. The van der Waals surface area contributed by atoms with Gasteiger partial charge in [0.2, 0.25) is 0 Å². The molecule has 0 saturated carbocycles. The van der Waals surface area contributed by atoms with E-state index in [0.717, 1.165) is 0 Å². The third-order valence-corrected chi connectivity index (χ3v) is 1.11. The van der Waals surface area contributed by atoms with E-state index in [9.17, 15) is 35.1 Å². The minimum Gasteiger partial charge on any atom is -0.249 e. The molecule has 0 bridgehead atoms. The normalized spacial score (nSPS) is 14.7. The van der Waals surface area contributed by atoms with Crippen LogP contribution in [-0.4, -0.2) is 24.4 Å². The standard InChI is InChI=1S/C3H3ClF4.C3H2F4/c4-2(1-5)3(6,7)8;4-2-1-3(5,6)7/h2H,1H2;1-2H. The summed E-state index contributed by atoms with van der Waals surface area (Å²) in [6.45, 7) is -1.56. The van der Waals surface area contributed by atoms with Crippen LogP contribution < -0.4 is 0 Å². The number of allylic oxidation sites excluding steroid dienone is 1. The molecule has 0 aromatic carbocycles. The maximum absolute atomic E-state index is 11.1. The van der Waals surface area contributed by atoms with Crippen molar-refractivity contribution in [3.8, 4) is 0 Å². The van der Waals surface area contributed by atoms with Gasteiger partial charge in [-0.1, -0.05) is 0 Å². The predicted molar refractivity (Wildman–Crippen MR) is 38.0 cm³/mol. The van der Waals surface area contributed by atoms with E-state index in [4.69, 9.17) is 0 Å². The highest BCUT2D eigenvalue weighted by Gasteiger charge is 2.37. The molecule has 0 rings (SSSR count). The summed E-state index contributed by atoms with van der Waals surface area (Å²) >= 11 is 4.44. The molecule has 0 nitrogen and oxygen atoms in total. The Morgan fingerprint density at radius 2 is 1.47 bits per heavy atom. The van der Waals surface area contributed by atoms with Gasteiger partial charge in [0.15, 0.2) is 5.38 Å². The van der Waals surface area contributed by atoms with E-state index in [0.29, 0.717) is 0 Å². The molecule has 9 heteroatoms. The van der Waals surface area contributed by atoms with Crippen LogP contribution in [-0.2, 0) is 0 Å². The maximum atomic E-state index is 11.1. The van der Waals surface area contributed by atoms with Gasteiger partial charge in [0.25, 0.3) is 0 Å². The van der Waals surface area contributed by atoms with Gasteiger partial charge in [-0.05, 0) is 0 Å². The second-order valence-corrected chi connectivity index (χ2v) is 2.52. The molecule has 0 heterocycles. The lowest BCUT2D eigenvalue weighted by atomic mass is 10.5. The summed E-state index contributed by atoms with van der Waals surface area (Å²) in [7, 11) is 0. The third-order valence-electron chi connectivity index (χ3n) is 0.743. The minimum atomic E-state index is -4.60. The summed E-state index contributed by atoms with van der Waals surface area (Å²) in [5.74, 6) is 0. The lowest BCUT2D eigenvalue weighted by molar-refractivity contribution is -0.133. The van der Waals surface area contributed by atoms with Crippen LogP contribution in [0.25, 0.3) is 0 Å². The number of rotatable bonds is 1. The third kappa shape index (κ3) is 13.5. The molecule has 0 aliphatic heterocycles. The molecule has 0 aliphatic rings. The van der Waals surface area contributed by atoms with E-state index in [-0.39, 0.29) is 0 Å². The zero-order valence-corrected chi connectivity index (χ0v) is 7.60. The maximum Gasteiger partial charge on any atom is 0.411 e. The highest BCUT2D eigenvalue weighted by molar-refractivity contribution is 6.21. The number of halogens is 9. The van der Waals surface area contributed by atoms with Gasteiger partial charge in [-0.25, -0.2) is 8.78 Å². The molecular weight excluding hydrogens is 260 g/mol. The second kappa shape index (κ2) is 6.86. The van der Waals surface area contributed by atoms with Gasteiger partial charge >= 0.3 is 12.4 Å². The molecule has 0 aromatic heterocycles. The first-order valence-electron chi connectivity index (χ1n) is 3.16. The SMILES string of the molecule is FC=CC(F)(F)F.FCC(Cl)C(F)(F)F. The number of hydrogen-bond donors (Lipinski definition) is 0. The van der Waals surface area contributed by atoms with Gasteiger partial charge in [0.05, 0.1) is 6.33 Å². The van der Waals surface area contributed by atoms with Gasteiger partial charge in [0.1, 0.15) is 6.67 Å². The van der Waals surface area contributed by atoms with Gasteiger partial charge < -0.3 is 0 Å². The van der Waals surface area contributed by atoms with Crippen molar-refractivity contribution in [1.29, 1.82) is 0 Å². The average molecular weight is 265 g/mol. The summed E-state index contributed by atoms with van der Waals surface area (Å²) in [5, 5.41) is -2.34. The van der Waals surface area contributed by atoms with Crippen LogP contribution in [0, 0.1) is 0 Å². The van der Waals surface area contributed by atoms with E-state index in [1.807, 2.05) is 0 Å². The fourth-order valence-corrected chi connectivity index (χ4v) is 0.159. The lowest BCUT2D eigenvalue weighted by Gasteiger charge is -2.07. The van der Waals surface area contributed by atoms with E-state index < -0.39 is 36.8 Å². The minimum absolute atomic E-state index is 0.479. The fourth-order valence-electron chi connectivity index (χ4n) is 0.159. The molecule has 0 amide bonds. The van der Waals surface area contributed by atoms with E-state index >= 15 is 0 Å². The Labute approximate surface area is 84.5 Å². The molecule has 0 saturated heterocycles. The second-order valence-electron chi connectivity index (χ2n) is 2.00. The molecule has 0 N–H and O–H groups in total.